The Morgan fingerprint density at radius 2 is 1.58 bits per heavy atom. The molecule has 33 heavy (non-hydrogen) atoms. The first kappa shape index (κ1) is 21.1. The van der Waals surface area contributed by atoms with E-state index in [0.717, 1.165) is 23.2 Å². The Labute approximate surface area is 193 Å². The normalized spacial score (nSPS) is 15.4. The summed E-state index contributed by atoms with van der Waals surface area (Å²) in [4.78, 5) is 33.7. The summed E-state index contributed by atoms with van der Waals surface area (Å²) in [6.07, 6.45) is 1.12. The highest BCUT2D eigenvalue weighted by atomic mass is 16.2. The predicted molar refractivity (Wildman–Crippen MR) is 132 cm³/mol. The van der Waals surface area contributed by atoms with E-state index in [1.54, 1.807) is 4.57 Å². The van der Waals surface area contributed by atoms with Crippen LogP contribution in [0.2, 0.25) is 0 Å². The molecule has 3 aromatic carbocycles. The monoisotopic (exact) mass is 437 g/mol. The van der Waals surface area contributed by atoms with Crippen molar-refractivity contribution in [2.75, 3.05) is 4.90 Å². The summed E-state index contributed by atoms with van der Waals surface area (Å²) >= 11 is 0. The lowest BCUT2D eigenvalue weighted by molar-refractivity contribution is -0.119. The summed E-state index contributed by atoms with van der Waals surface area (Å²) in [5.41, 5.74) is 3.75. The number of hydrogen-bond donors (Lipinski definition) is 0. The highest BCUT2D eigenvalue weighted by molar-refractivity contribution is 6.05. The second-order valence-corrected chi connectivity index (χ2v) is 8.86. The second-order valence-electron chi connectivity index (χ2n) is 8.86. The van der Waals surface area contributed by atoms with Crippen LogP contribution in [0.3, 0.4) is 0 Å². The molecule has 0 fully saturated rings. The maximum Gasteiger partial charge on any atom is 0.261 e. The third-order valence-electron chi connectivity index (χ3n) is 6.42. The molecule has 0 bridgehead atoms. The highest BCUT2D eigenvalue weighted by Gasteiger charge is 2.39. The molecule has 0 spiro atoms. The van der Waals surface area contributed by atoms with E-state index in [4.69, 9.17) is 4.98 Å². The summed E-state index contributed by atoms with van der Waals surface area (Å²) in [6, 6.07) is 25.6. The van der Waals surface area contributed by atoms with Crippen molar-refractivity contribution in [3.63, 3.8) is 0 Å². The molecule has 0 N–H and O–H groups in total. The summed E-state index contributed by atoms with van der Waals surface area (Å²) in [6.45, 7) is 4.58. The van der Waals surface area contributed by atoms with Crippen LogP contribution in [0.5, 0.6) is 0 Å². The van der Waals surface area contributed by atoms with Crippen LogP contribution in [0.15, 0.2) is 83.7 Å². The Balaban J connectivity index is 1.57. The molecule has 0 radical (unpaired) electrons. The molecule has 1 aliphatic heterocycles. The van der Waals surface area contributed by atoms with Crippen LogP contribution in [0.1, 0.15) is 36.7 Å². The number of rotatable bonds is 6. The minimum absolute atomic E-state index is 0.0500. The quantitative estimate of drug-likeness (QED) is 0.439. The van der Waals surface area contributed by atoms with Gasteiger partial charge in [0.25, 0.3) is 5.56 Å². The lowest BCUT2D eigenvalue weighted by Crippen LogP contribution is -2.36. The fraction of sp³-hybridized carbons (Fsp3) is 0.250. The van der Waals surface area contributed by atoms with E-state index in [1.165, 1.54) is 0 Å². The van der Waals surface area contributed by atoms with Crippen molar-refractivity contribution in [1.82, 2.24) is 9.55 Å². The van der Waals surface area contributed by atoms with Gasteiger partial charge in [0.2, 0.25) is 5.91 Å². The third kappa shape index (κ3) is 3.84. The number of nitrogens with zero attached hydrogens (tertiary/aromatic N) is 3. The molecule has 5 nitrogen and oxygen atoms in total. The maximum absolute atomic E-state index is 13.5. The highest BCUT2D eigenvalue weighted by Crippen LogP contribution is 2.40. The molecule has 1 aromatic heterocycles. The molecule has 5 heteroatoms. The zero-order valence-electron chi connectivity index (χ0n) is 18.9. The van der Waals surface area contributed by atoms with Gasteiger partial charge >= 0.3 is 0 Å². The van der Waals surface area contributed by atoms with Gasteiger partial charge in [-0.2, -0.15) is 0 Å². The second kappa shape index (κ2) is 8.66. The Morgan fingerprint density at radius 3 is 2.36 bits per heavy atom. The number of fused-ring (bicyclic) bond motifs is 2. The van der Waals surface area contributed by atoms with Crippen molar-refractivity contribution in [3.8, 4) is 0 Å². The number of carbonyl (C=O) groups excluding carboxylic acids is 1. The van der Waals surface area contributed by atoms with Crippen LogP contribution in [0, 0.1) is 0 Å². The van der Waals surface area contributed by atoms with Crippen molar-refractivity contribution in [2.24, 2.45) is 0 Å². The van der Waals surface area contributed by atoms with Gasteiger partial charge in [-0.3, -0.25) is 14.2 Å². The standard InChI is InChI=1S/C28H27N3O2/c1-19(2)31-25-15-9-7-12-21(25)23(28(31)33)18-26-29-24-14-8-6-13-22(24)27(32)30(26)17-16-20-10-4-3-5-11-20/h3-15,19,23H,16-18H2,1-2H3/t23-/m0/s1. The Hall–Kier alpha value is -3.73. The fourth-order valence-electron chi connectivity index (χ4n) is 4.82. The van der Waals surface area contributed by atoms with E-state index in [0.29, 0.717) is 29.7 Å². The van der Waals surface area contributed by atoms with Crippen LogP contribution in [-0.2, 0) is 24.2 Å². The predicted octanol–water partition coefficient (Wildman–Crippen LogP) is 4.72. The molecule has 1 amide bonds. The van der Waals surface area contributed by atoms with Crippen LogP contribution >= 0.6 is 0 Å². The molecule has 1 atom stereocenters. The maximum atomic E-state index is 13.5. The van der Waals surface area contributed by atoms with Gasteiger partial charge in [-0.15, -0.1) is 0 Å². The first-order chi connectivity index (χ1) is 16.0. The van der Waals surface area contributed by atoms with Gasteiger partial charge < -0.3 is 4.90 Å². The molecule has 4 aromatic rings. The third-order valence-corrected chi connectivity index (χ3v) is 6.42. The van der Waals surface area contributed by atoms with Crippen LogP contribution in [0.25, 0.3) is 10.9 Å². The summed E-state index contributed by atoms with van der Waals surface area (Å²) in [5.74, 6) is 0.385. The van der Waals surface area contributed by atoms with Crippen molar-refractivity contribution in [3.05, 3.63) is 106 Å². The summed E-state index contributed by atoms with van der Waals surface area (Å²) in [7, 11) is 0. The number of carbonyl (C=O) groups is 1. The van der Waals surface area contributed by atoms with E-state index in [9.17, 15) is 9.59 Å². The van der Waals surface area contributed by atoms with E-state index in [2.05, 4.69) is 12.1 Å². The van der Waals surface area contributed by atoms with Gasteiger partial charge in [-0.25, -0.2) is 4.98 Å². The minimum Gasteiger partial charge on any atom is -0.309 e. The van der Waals surface area contributed by atoms with Crippen LogP contribution in [0.4, 0.5) is 5.69 Å². The van der Waals surface area contributed by atoms with Gasteiger partial charge in [0.05, 0.1) is 16.8 Å². The van der Waals surface area contributed by atoms with Gasteiger partial charge in [0, 0.05) is 24.7 Å². The van der Waals surface area contributed by atoms with E-state index in [1.807, 2.05) is 85.5 Å². The van der Waals surface area contributed by atoms with E-state index >= 15 is 0 Å². The summed E-state index contributed by atoms with van der Waals surface area (Å²) < 4.78 is 1.77. The Morgan fingerprint density at radius 1 is 0.879 bits per heavy atom. The van der Waals surface area contributed by atoms with Crippen molar-refractivity contribution in [2.45, 2.75) is 45.2 Å². The smallest absolute Gasteiger partial charge is 0.261 e. The average molecular weight is 438 g/mol. The van der Waals surface area contributed by atoms with Gasteiger partial charge in [0.1, 0.15) is 5.82 Å². The zero-order chi connectivity index (χ0) is 22.9. The Kier molecular flexibility index (Phi) is 5.55. The molecule has 1 aliphatic rings. The number of amides is 1. The van der Waals surface area contributed by atoms with E-state index in [-0.39, 0.29) is 23.4 Å². The molecule has 5 rings (SSSR count). The first-order valence-electron chi connectivity index (χ1n) is 11.5. The van der Waals surface area contributed by atoms with Gasteiger partial charge in [-0.05, 0) is 49.6 Å². The molecule has 166 valence electrons. The van der Waals surface area contributed by atoms with Crippen molar-refractivity contribution < 1.29 is 4.79 Å². The molecule has 0 unspecified atom stereocenters. The topological polar surface area (TPSA) is 55.2 Å². The zero-order valence-corrected chi connectivity index (χ0v) is 18.9. The molecular weight excluding hydrogens is 410 g/mol. The number of aryl methyl sites for hydroxylation is 1. The number of anilines is 1. The SMILES string of the molecule is CC(C)N1C(=O)[C@@H](Cc2nc3ccccc3c(=O)n2CCc2ccccc2)c2ccccc21. The Bertz CT molecular complexity index is 1380. The molecule has 2 heterocycles. The van der Waals surface area contributed by atoms with Crippen LogP contribution < -0.4 is 10.5 Å². The number of hydrogen-bond acceptors (Lipinski definition) is 3. The largest absolute Gasteiger partial charge is 0.309 e. The van der Waals surface area contributed by atoms with Gasteiger partial charge in [-0.1, -0.05) is 60.7 Å². The number of para-hydroxylation sites is 2. The molecule has 0 saturated carbocycles. The summed E-state index contributed by atoms with van der Waals surface area (Å²) in [5, 5.41) is 0.608. The van der Waals surface area contributed by atoms with Crippen molar-refractivity contribution >= 4 is 22.5 Å². The first-order valence-corrected chi connectivity index (χ1v) is 11.5. The molecule has 0 aliphatic carbocycles. The molecule has 0 saturated heterocycles. The fourth-order valence-corrected chi connectivity index (χ4v) is 4.82. The number of benzene rings is 3. The lowest BCUT2D eigenvalue weighted by atomic mass is 9.96. The van der Waals surface area contributed by atoms with Crippen molar-refractivity contribution in [1.29, 1.82) is 0 Å². The van der Waals surface area contributed by atoms with Gasteiger partial charge in [0.15, 0.2) is 0 Å². The minimum atomic E-state index is -0.348. The van der Waals surface area contributed by atoms with Crippen LogP contribution in [-0.4, -0.2) is 21.5 Å². The molecular formula is C28H27N3O2. The number of aromatic nitrogens is 2. The average Bonchev–Trinajstić information content (AvgIpc) is 3.11. The lowest BCUT2D eigenvalue weighted by Gasteiger charge is -2.22. The van der Waals surface area contributed by atoms with E-state index < -0.39 is 0 Å².